The number of nitrogens with two attached hydrogens (primary N) is 2. The van der Waals surface area contributed by atoms with Crippen molar-refractivity contribution < 1.29 is 38.6 Å². The Morgan fingerprint density at radius 2 is 1.43 bits per heavy atom. The van der Waals surface area contributed by atoms with Crippen LogP contribution in [0, 0.1) is 11.8 Å². The smallest absolute Gasteiger partial charge is 0.407 e. The quantitative estimate of drug-likeness (QED) is 0.0486. The average molecular weight is 943 g/mol. The molecule has 0 saturated heterocycles. The van der Waals surface area contributed by atoms with Crippen LogP contribution in [0.1, 0.15) is 90.4 Å². The number of rotatable bonds is 21. The average Bonchev–Trinajstić information content (AvgIpc) is 3.97. The van der Waals surface area contributed by atoms with Crippen molar-refractivity contribution >= 4 is 47.0 Å². The van der Waals surface area contributed by atoms with E-state index in [0.29, 0.717) is 17.5 Å². The minimum Gasteiger partial charge on any atom is -0.449 e. The first kappa shape index (κ1) is 50.9. The highest BCUT2D eigenvalue weighted by atomic mass is 32.1. The molecule has 6 rings (SSSR count). The van der Waals surface area contributed by atoms with E-state index in [2.05, 4.69) is 16.0 Å². The lowest BCUT2D eigenvalue weighted by molar-refractivity contribution is -0.154. The maximum Gasteiger partial charge on any atom is 0.407 e. The number of hydrogen-bond donors (Lipinski definition) is 6. The first-order valence-electron chi connectivity index (χ1n) is 23.1. The van der Waals surface area contributed by atoms with Crippen LogP contribution in [0.3, 0.4) is 0 Å². The third-order valence-corrected chi connectivity index (χ3v) is 13.3. The topological polar surface area (TPSA) is 223 Å². The number of hydrogen-bond acceptors (Lipinski definition) is 11. The van der Waals surface area contributed by atoms with Gasteiger partial charge < -0.3 is 31.9 Å². The van der Waals surface area contributed by atoms with Gasteiger partial charge in [-0.15, -0.1) is 11.3 Å². The highest BCUT2D eigenvalue weighted by Crippen LogP contribution is 2.44. The summed E-state index contributed by atoms with van der Waals surface area (Å²) in [6.07, 6.45) is -2.66. The van der Waals surface area contributed by atoms with Gasteiger partial charge in [0.25, 0.3) is 11.8 Å². The maximum absolute atomic E-state index is 15.3. The molecule has 0 bridgehead atoms. The molecule has 0 spiro atoms. The molecule has 0 radical (unpaired) electrons. The number of carbonyl (C=O) groups excluding carboxylic acids is 6. The number of amides is 6. The molecule has 0 fully saturated rings. The van der Waals surface area contributed by atoms with Crippen molar-refractivity contribution in [3.63, 3.8) is 0 Å². The third kappa shape index (κ3) is 12.9. The second kappa shape index (κ2) is 24.0. The Morgan fingerprint density at radius 3 is 2.04 bits per heavy atom. The Balaban J connectivity index is 1.27. The number of fused-ring (bicyclic) bond motifs is 3. The second-order valence-electron chi connectivity index (χ2n) is 17.8. The largest absolute Gasteiger partial charge is 0.449 e. The molecular formula is C53H62N6O8S. The SMILES string of the molecule is CC[C@H](C)[C@H](NC(=O)C[C@H](O)[C@H](CC(C)C)N(C(=O)[C@H](Cc1ccccc1)NC(=O)OCC1c2ccccc2-c2ccccc21)C(=O)[C@@H](N)Cc1cccs1)C(=O)NC(=O)c1cccc(CN)c1. The molecule has 5 aromatic rings. The molecule has 358 valence electrons. The number of ether oxygens (including phenoxy) is 1. The first-order chi connectivity index (χ1) is 32.7. The molecule has 0 saturated carbocycles. The predicted molar refractivity (Wildman–Crippen MR) is 262 cm³/mol. The molecule has 15 heteroatoms. The molecule has 0 aliphatic heterocycles. The summed E-state index contributed by atoms with van der Waals surface area (Å²) in [5.74, 6) is -4.77. The molecule has 1 aliphatic carbocycles. The third-order valence-electron chi connectivity index (χ3n) is 12.4. The summed E-state index contributed by atoms with van der Waals surface area (Å²) in [4.78, 5) is 86.4. The van der Waals surface area contributed by atoms with Gasteiger partial charge in [-0.05, 0) is 75.2 Å². The zero-order valence-electron chi connectivity index (χ0n) is 38.9. The lowest BCUT2D eigenvalue weighted by atomic mass is 9.92. The van der Waals surface area contributed by atoms with Crippen molar-refractivity contribution in [2.75, 3.05) is 6.61 Å². The molecule has 6 amide bonds. The van der Waals surface area contributed by atoms with Crippen molar-refractivity contribution in [1.29, 1.82) is 0 Å². The molecule has 1 aliphatic rings. The molecular weight excluding hydrogens is 881 g/mol. The summed E-state index contributed by atoms with van der Waals surface area (Å²) in [7, 11) is 0. The monoisotopic (exact) mass is 942 g/mol. The number of nitrogens with one attached hydrogen (secondary N) is 3. The van der Waals surface area contributed by atoms with Gasteiger partial charge in [0.1, 0.15) is 18.7 Å². The molecule has 8 N–H and O–H groups in total. The van der Waals surface area contributed by atoms with Crippen molar-refractivity contribution in [3.05, 3.63) is 153 Å². The molecule has 1 aromatic heterocycles. The Morgan fingerprint density at radius 1 is 0.779 bits per heavy atom. The van der Waals surface area contributed by atoms with Crippen LogP contribution in [0.25, 0.3) is 11.1 Å². The van der Waals surface area contributed by atoms with E-state index in [4.69, 9.17) is 16.2 Å². The van der Waals surface area contributed by atoms with E-state index >= 15 is 4.79 Å². The Kier molecular flexibility index (Phi) is 17.9. The molecule has 14 nitrogen and oxygen atoms in total. The summed E-state index contributed by atoms with van der Waals surface area (Å²) in [5.41, 5.74) is 18.0. The summed E-state index contributed by atoms with van der Waals surface area (Å²) in [6.45, 7) is 7.42. The van der Waals surface area contributed by atoms with E-state index in [1.54, 1.807) is 55.5 Å². The van der Waals surface area contributed by atoms with Gasteiger partial charge in [-0.2, -0.15) is 0 Å². The van der Waals surface area contributed by atoms with Crippen molar-refractivity contribution in [2.45, 2.75) is 103 Å². The summed E-state index contributed by atoms with van der Waals surface area (Å²) in [5, 5.41) is 21.8. The zero-order chi connectivity index (χ0) is 48.9. The van der Waals surface area contributed by atoms with Crippen LogP contribution in [0.15, 0.2) is 121 Å². The van der Waals surface area contributed by atoms with Crippen LogP contribution in [0.4, 0.5) is 4.79 Å². The fourth-order valence-electron chi connectivity index (χ4n) is 8.63. The maximum atomic E-state index is 15.3. The first-order valence-corrected chi connectivity index (χ1v) is 24.0. The van der Waals surface area contributed by atoms with E-state index in [1.165, 1.54) is 11.3 Å². The van der Waals surface area contributed by atoms with Crippen LogP contribution in [0.2, 0.25) is 0 Å². The molecule has 4 aromatic carbocycles. The van der Waals surface area contributed by atoms with Crippen molar-refractivity contribution in [2.24, 2.45) is 23.3 Å². The van der Waals surface area contributed by atoms with Crippen LogP contribution >= 0.6 is 11.3 Å². The number of thiophene rings is 1. The van der Waals surface area contributed by atoms with Crippen LogP contribution in [0.5, 0.6) is 0 Å². The fourth-order valence-corrected chi connectivity index (χ4v) is 9.39. The number of imide groups is 2. The number of aliphatic hydroxyl groups excluding tert-OH is 1. The van der Waals surface area contributed by atoms with Gasteiger partial charge in [0, 0.05) is 35.7 Å². The van der Waals surface area contributed by atoms with Crippen molar-refractivity contribution in [3.8, 4) is 11.1 Å². The summed E-state index contributed by atoms with van der Waals surface area (Å²) in [6, 6.07) is 29.8. The molecule has 6 atom stereocenters. The Bertz CT molecular complexity index is 2490. The number of benzene rings is 4. The van der Waals surface area contributed by atoms with E-state index in [-0.39, 0.29) is 49.8 Å². The Hall–Kier alpha value is -6.52. The highest BCUT2D eigenvalue weighted by Gasteiger charge is 2.42. The van der Waals surface area contributed by atoms with Gasteiger partial charge in [0.05, 0.1) is 24.6 Å². The Labute approximate surface area is 401 Å². The van der Waals surface area contributed by atoms with E-state index < -0.39 is 78.2 Å². The normalized spacial score (nSPS) is 14.6. The van der Waals surface area contributed by atoms with E-state index in [0.717, 1.165) is 32.0 Å². The second-order valence-corrected chi connectivity index (χ2v) is 18.8. The van der Waals surface area contributed by atoms with Crippen LogP contribution < -0.4 is 27.4 Å². The van der Waals surface area contributed by atoms with E-state index in [9.17, 15) is 29.1 Å². The van der Waals surface area contributed by atoms with Gasteiger partial charge >= 0.3 is 6.09 Å². The van der Waals surface area contributed by atoms with Gasteiger partial charge in [0.2, 0.25) is 17.7 Å². The van der Waals surface area contributed by atoms with Crippen LogP contribution in [-0.4, -0.2) is 82.5 Å². The minimum atomic E-state index is -1.66. The van der Waals surface area contributed by atoms with Gasteiger partial charge in [-0.1, -0.05) is 131 Å². The van der Waals surface area contributed by atoms with Gasteiger partial charge in [0.15, 0.2) is 0 Å². The number of alkyl carbamates (subject to hydrolysis) is 1. The lowest BCUT2D eigenvalue weighted by Crippen LogP contribution is -2.61. The molecule has 68 heavy (non-hydrogen) atoms. The van der Waals surface area contributed by atoms with Gasteiger partial charge in [-0.3, -0.25) is 34.2 Å². The number of aliphatic hydroxyl groups is 1. The molecule has 0 unspecified atom stereocenters. The lowest BCUT2D eigenvalue weighted by Gasteiger charge is -2.38. The summed E-state index contributed by atoms with van der Waals surface area (Å²) < 4.78 is 5.90. The van der Waals surface area contributed by atoms with E-state index in [1.807, 2.05) is 92.9 Å². The zero-order valence-corrected chi connectivity index (χ0v) is 39.7. The van der Waals surface area contributed by atoms with Crippen molar-refractivity contribution in [1.82, 2.24) is 20.9 Å². The summed E-state index contributed by atoms with van der Waals surface area (Å²) >= 11 is 1.39. The molecule has 1 heterocycles. The number of nitrogens with zero attached hydrogens (tertiary/aromatic N) is 1. The highest BCUT2D eigenvalue weighted by molar-refractivity contribution is 7.09. The fraction of sp³-hybridized carbons (Fsp3) is 0.358. The van der Waals surface area contributed by atoms with Gasteiger partial charge in [-0.25, -0.2) is 4.79 Å². The standard InChI is InChI=1S/C53H62N6O8S/c1-5-33(4)48(50(63)58-49(62)36-18-13-17-35(26-36)30-54)57-47(61)29-46(60)45(25-32(2)3)59(51(64)43(55)28-37-19-14-24-68-37)52(65)44(27-34-15-7-6-8-16-34)56-53(66)67-31-42-40-22-11-9-20-38(40)39-21-10-12-23-41(39)42/h6-24,26,32-33,42-46,48,60H,5,25,27-31,54-55H2,1-4H3,(H,56,66)(H,57,61)(H,58,62,63)/t33-,43-,44-,45-,46-,48-/m0/s1. The predicted octanol–water partition coefficient (Wildman–Crippen LogP) is 6.24. The van der Waals surface area contributed by atoms with Crippen LogP contribution in [-0.2, 0) is 43.3 Å². The minimum absolute atomic E-state index is 0.0322. The number of carbonyl (C=O) groups is 6.